The molecule has 0 fully saturated rings. The maximum absolute atomic E-state index is 12.3. The molecule has 0 spiro atoms. The Balaban J connectivity index is 2.58. The molecule has 1 rings (SSSR count). The molecule has 0 aromatic heterocycles. The first-order chi connectivity index (χ1) is 13.4. The van der Waals surface area contributed by atoms with Crippen molar-refractivity contribution in [3.63, 3.8) is 0 Å². The molecule has 0 radical (unpaired) electrons. The zero-order chi connectivity index (χ0) is 21.1. The van der Waals surface area contributed by atoms with Crippen LogP contribution in [0, 0.1) is 0 Å². The van der Waals surface area contributed by atoms with Crippen molar-refractivity contribution in [2.24, 2.45) is 0 Å². The van der Waals surface area contributed by atoms with Crippen LogP contribution in [0.2, 0.25) is 0 Å². The highest BCUT2D eigenvalue weighted by atomic mass is 16.5. The van der Waals surface area contributed by atoms with E-state index in [1.54, 1.807) is 0 Å². The van der Waals surface area contributed by atoms with E-state index >= 15 is 0 Å². The Morgan fingerprint density at radius 2 is 1.64 bits per heavy atom. The molecular weight excluding hydrogens is 368 g/mol. The van der Waals surface area contributed by atoms with E-state index in [4.69, 9.17) is 18.9 Å². The standard InChI is InChI=1S/C19H28N2O7/c1-6-7-12(2)21-16(22)11-28-17(23)10-20-19(24)13-8-14(25-3)18(27-5)15(9-13)26-4/h8-9,12H,6-7,10-11H2,1-5H3,(H,20,24)(H,21,22)/t12-/m0/s1. The monoisotopic (exact) mass is 396 g/mol. The van der Waals surface area contributed by atoms with E-state index in [2.05, 4.69) is 10.6 Å². The number of hydrogen-bond donors (Lipinski definition) is 2. The zero-order valence-corrected chi connectivity index (χ0v) is 16.9. The second-order valence-electron chi connectivity index (χ2n) is 6.01. The molecule has 0 aliphatic heterocycles. The molecule has 0 saturated carbocycles. The van der Waals surface area contributed by atoms with Crippen molar-refractivity contribution in [1.29, 1.82) is 0 Å². The van der Waals surface area contributed by atoms with Crippen LogP contribution in [0.25, 0.3) is 0 Å². The van der Waals surface area contributed by atoms with Crippen LogP contribution in [0.5, 0.6) is 17.2 Å². The summed E-state index contributed by atoms with van der Waals surface area (Å²) in [6, 6.07) is 2.94. The molecule has 0 heterocycles. The lowest BCUT2D eigenvalue weighted by Gasteiger charge is -2.14. The van der Waals surface area contributed by atoms with E-state index in [9.17, 15) is 14.4 Å². The number of methoxy groups -OCH3 is 3. The lowest BCUT2D eigenvalue weighted by Crippen LogP contribution is -2.37. The molecule has 0 unspecified atom stereocenters. The Bertz CT molecular complexity index is 666. The summed E-state index contributed by atoms with van der Waals surface area (Å²) in [5.74, 6) is -0.661. The van der Waals surface area contributed by atoms with Gasteiger partial charge < -0.3 is 29.6 Å². The SMILES string of the molecule is CCC[C@H](C)NC(=O)COC(=O)CNC(=O)c1cc(OC)c(OC)c(OC)c1. The van der Waals surface area contributed by atoms with Gasteiger partial charge in [0, 0.05) is 11.6 Å². The number of amides is 2. The Labute approximate surface area is 164 Å². The number of carbonyl (C=O) groups excluding carboxylic acids is 3. The minimum Gasteiger partial charge on any atom is -0.493 e. The van der Waals surface area contributed by atoms with Crippen molar-refractivity contribution in [2.75, 3.05) is 34.5 Å². The number of nitrogens with one attached hydrogen (secondary N) is 2. The van der Waals surface area contributed by atoms with Gasteiger partial charge in [-0.1, -0.05) is 13.3 Å². The molecule has 2 N–H and O–H groups in total. The summed E-state index contributed by atoms with van der Waals surface area (Å²) in [5, 5.41) is 5.15. The van der Waals surface area contributed by atoms with Crippen molar-refractivity contribution in [1.82, 2.24) is 10.6 Å². The number of carbonyl (C=O) groups is 3. The molecule has 0 aliphatic rings. The molecule has 1 aromatic carbocycles. The third kappa shape index (κ3) is 6.98. The van der Waals surface area contributed by atoms with Crippen molar-refractivity contribution >= 4 is 17.8 Å². The lowest BCUT2D eigenvalue weighted by atomic mass is 10.1. The van der Waals surface area contributed by atoms with Gasteiger partial charge in [0.05, 0.1) is 21.3 Å². The number of ether oxygens (including phenoxy) is 4. The fourth-order valence-electron chi connectivity index (χ4n) is 2.49. The largest absolute Gasteiger partial charge is 0.493 e. The van der Waals surface area contributed by atoms with Crippen LogP contribution < -0.4 is 24.8 Å². The first-order valence-electron chi connectivity index (χ1n) is 8.89. The van der Waals surface area contributed by atoms with Gasteiger partial charge in [0.1, 0.15) is 6.54 Å². The highest BCUT2D eigenvalue weighted by molar-refractivity contribution is 5.97. The summed E-state index contributed by atoms with van der Waals surface area (Å²) in [4.78, 5) is 35.7. The summed E-state index contributed by atoms with van der Waals surface area (Å²) >= 11 is 0. The molecule has 9 nitrogen and oxygen atoms in total. The van der Waals surface area contributed by atoms with Crippen LogP contribution in [0.15, 0.2) is 12.1 Å². The molecule has 0 bridgehead atoms. The Morgan fingerprint density at radius 1 is 1.04 bits per heavy atom. The maximum Gasteiger partial charge on any atom is 0.325 e. The summed E-state index contributed by atoms with van der Waals surface area (Å²) in [6.45, 7) is 3.11. The molecule has 156 valence electrons. The van der Waals surface area contributed by atoms with Crippen LogP contribution in [0.1, 0.15) is 37.0 Å². The van der Waals surface area contributed by atoms with Crippen LogP contribution >= 0.6 is 0 Å². The van der Waals surface area contributed by atoms with Gasteiger partial charge in [-0.25, -0.2) is 0 Å². The lowest BCUT2D eigenvalue weighted by molar-refractivity contribution is -0.147. The van der Waals surface area contributed by atoms with Crippen LogP contribution in [-0.4, -0.2) is 58.3 Å². The van der Waals surface area contributed by atoms with Crippen molar-refractivity contribution in [2.45, 2.75) is 32.7 Å². The van der Waals surface area contributed by atoms with E-state index in [0.29, 0.717) is 17.2 Å². The van der Waals surface area contributed by atoms with E-state index in [0.717, 1.165) is 12.8 Å². The van der Waals surface area contributed by atoms with Gasteiger partial charge >= 0.3 is 5.97 Å². The van der Waals surface area contributed by atoms with Crippen molar-refractivity contribution < 1.29 is 33.3 Å². The second-order valence-corrected chi connectivity index (χ2v) is 6.01. The summed E-state index contributed by atoms with van der Waals surface area (Å²) in [7, 11) is 4.32. The molecule has 9 heteroatoms. The van der Waals surface area contributed by atoms with E-state index in [1.807, 2.05) is 13.8 Å². The van der Waals surface area contributed by atoms with Crippen molar-refractivity contribution in [3.05, 3.63) is 17.7 Å². The first-order valence-corrected chi connectivity index (χ1v) is 8.89. The van der Waals surface area contributed by atoms with Gasteiger partial charge in [0.25, 0.3) is 11.8 Å². The Morgan fingerprint density at radius 3 is 2.14 bits per heavy atom. The summed E-state index contributed by atoms with van der Waals surface area (Å²) < 4.78 is 20.4. The van der Waals surface area contributed by atoms with Gasteiger partial charge in [0.2, 0.25) is 5.75 Å². The zero-order valence-electron chi connectivity index (χ0n) is 16.9. The van der Waals surface area contributed by atoms with E-state index < -0.39 is 18.5 Å². The van der Waals surface area contributed by atoms with Crippen LogP contribution in [0.4, 0.5) is 0 Å². The number of benzene rings is 1. The molecule has 0 saturated heterocycles. The van der Waals surface area contributed by atoms with Gasteiger partial charge in [-0.15, -0.1) is 0 Å². The molecule has 2 amide bonds. The Hall–Kier alpha value is -2.97. The third-order valence-electron chi connectivity index (χ3n) is 3.81. The Kier molecular flexibility index (Phi) is 9.63. The van der Waals surface area contributed by atoms with E-state index in [1.165, 1.54) is 33.5 Å². The number of esters is 1. The van der Waals surface area contributed by atoms with Crippen molar-refractivity contribution in [3.8, 4) is 17.2 Å². The highest BCUT2D eigenvalue weighted by Crippen LogP contribution is 2.38. The fourth-order valence-corrected chi connectivity index (χ4v) is 2.49. The van der Waals surface area contributed by atoms with Gasteiger partial charge in [-0.05, 0) is 25.5 Å². The van der Waals surface area contributed by atoms with E-state index in [-0.39, 0.29) is 24.1 Å². The topological polar surface area (TPSA) is 112 Å². The quantitative estimate of drug-likeness (QED) is 0.542. The van der Waals surface area contributed by atoms with Crippen LogP contribution in [-0.2, 0) is 14.3 Å². The average molecular weight is 396 g/mol. The highest BCUT2D eigenvalue weighted by Gasteiger charge is 2.18. The molecular formula is C19H28N2O7. The third-order valence-corrected chi connectivity index (χ3v) is 3.81. The van der Waals surface area contributed by atoms with Gasteiger partial charge in [-0.2, -0.15) is 0 Å². The average Bonchev–Trinajstić information content (AvgIpc) is 2.69. The summed E-state index contributed by atoms with van der Waals surface area (Å²) in [5.41, 5.74) is 0.216. The second kappa shape index (κ2) is 11.7. The minimum absolute atomic E-state index is 0.0101. The fraction of sp³-hybridized carbons (Fsp3) is 0.526. The smallest absolute Gasteiger partial charge is 0.325 e. The normalized spacial score (nSPS) is 11.2. The predicted molar refractivity (Wildman–Crippen MR) is 102 cm³/mol. The maximum atomic E-state index is 12.3. The minimum atomic E-state index is -0.723. The summed E-state index contributed by atoms with van der Waals surface area (Å²) in [6.07, 6.45) is 1.78. The predicted octanol–water partition coefficient (Wildman–Crippen LogP) is 1.29. The van der Waals surface area contributed by atoms with Crippen LogP contribution in [0.3, 0.4) is 0 Å². The number of rotatable bonds is 11. The molecule has 1 atom stereocenters. The van der Waals surface area contributed by atoms with Gasteiger partial charge in [-0.3, -0.25) is 14.4 Å². The van der Waals surface area contributed by atoms with Gasteiger partial charge in [0.15, 0.2) is 18.1 Å². The molecule has 28 heavy (non-hydrogen) atoms. The number of hydrogen-bond acceptors (Lipinski definition) is 7. The molecule has 1 aromatic rings. The molecule has 0 aliphatic carbocycles. The first kappa shape index (κ1) is 23.1.